The Balaban J connectivity index is 1.55. The fourth-order valence-electron chi connectivity index (χ4n) is 3.07. The van der Waals surface area contributed by atoms with E-state index in [4.69, 9.17) is 4.74 Å². The van der Waals surface area contributed by atoms with Gasteiger partial charge >= 0.3 is 0 Å². The number of aryl methyl sites for hydroxylation is 2. The summed E-state index contributed by atoms with van der Waals surface area (Å²) in [7, 11) is 0. The number of amides is 1. The molecule has 0 aliphatic carbocycles. The van der Waals surface area contributed by atoms with Gasteiger partial charge in [-0.3, -0.25) is 9.59 Å². The maximum atomic E-state index is 12.4. The monoisotopic (exact) mass is 340 g/mol. The minimum atomic E-state index is -0.149. The van der Waals surface area contributed by atoms with E-state index in [1.807, 2.05) is 11.8 Å². The Morgan fingerprint density at radius 2 is 1.92 bits per heavy atom. The Hall–Kier alpha value is -2.56. The molecule has 0 N–H and O–H groups in total. The Morgan fingerprint density at radius 1 is 1.16 bits per heavy atom. The maximum Gasteiger partial charge on any atom is 0.250 e. The molecule has 0 atom stereocenters. The average Bonchev–Trinajstić information content (AvgIpc) is 2.61. The van der Waals surface area contributed by atoms with Crippen LogP contribution in [0.15, 0.2) is 47.4 Å². The van der Waals surface area contributed by atoms with Crippen molar-refractivity contribution in [1.82, 2.24) is 9.47 Å². The molecule has 5 heteroatoms. The highest BCUT2D eigenvalue weighted by Crippen LogP contribution is 2.24. The second-order valence-electron chi connectivity index (χ2n) is 6.63. The van der Waals surface area contributed by atoms with E-state index in [9.17, 15) is 9.59 Å². The van der Waals surface area contributed by atoms with Gasteiger partial charge in [0.2, 0.25) is 5.91 Å². The number of pyridine rings is 1. The number of piperidine rings is 1. The molecule has 0 spiro atoms. The van der Waals surface area contributed by atoms with Crippen molar-refractivity contribution < 1.29 is 9.53 Å². The summed E-state index contributed by atoms with van der Waals surface area (Å²) in [5.41, 5.74) is 2.16. The maximum absolute atomic E-state index is 12.4. The first-order valence-corrected chi connectivity index (χ1v) is 8.70. The predicted octanol–water partition coefficient (Wildman–Crippen LogP) is 2.54. The van der Waals surface area contributed by atoms with Crippen LogP contribution in [0.1, 0.15) is 24.0 Å². The Bertz CT molecular complexity index is 805. The van der Waals surface area contributed by atoms with Gasteiger partial charge in [0.05, 0.1) is 0 Å². The van der Waals surface area contributed by atoms with Crippen LogP contribution in [0.4, 0.5) is 0 Å². The summed E-state index contributed by atoms with van der Waals surface area (Å²) in [5, 5.41) is 0. The summed E-state index contributed by atoms with van der Waals surface area (Å²) in [5.74, 6) is 0.916. The van der Waals surface area contributed by atoms with Gasteiger partial charge in [0.25, 0.3) is 5.56 Å². The van der Waals surface area contributed by atoms with Crippen molar-refractivity contribution in [3.63, 3.8) is 0 Å². The van der Waals surface area contributed by atoms with E-state index in [0.29, 0.717) is 13.1 Å². The summed E-state index contributed by atoms with van der Waals surface area (Å²) < 4.78 is 7.58. The minimum absolute atomic E-state index is 0.0153. The number of carbonyl (C=O) groups excluding carboxylic acids is 1. The van der Waals surface area contributed by atoms with Crippen LogP contribution in [0, 0.1) is 13.8 Å². The molecular formula is C20H24N2O3. The number of likely N-dealkylation sites (tertiary alicyclic amines) is 1. The molecule has 25 heavy (non-hydrogen) atoms. The Morgan fingerprint density at radius 3 is 2.64 bits per heavy atom. The van der Waals surface area contributed by atoms with E-state index in [-0.39, 0.29) is 24.1 Å². The molecule has 1 amide bonds. The van der Waals surface area contributed by atoms with Gasteiger partial charge in [0.1, 0.15) is 18.4 Å². The molecule has 1 aromatic heterocycles. The quantitative estimate of drug-likeness (QED) is 0.859. The highest BCUT2D eigenvalue weighted by atomic mass is 16.5. The molecule has 132 valence electrons. The van der Waals surface area contributed by atoms with Crippen molar-refractivity contribution >= 4 is 5.91 Å². The van der Waals surface area contributed by atoms with Crippen molar-refractivity contribution in [3.05, 3.63) is 64.1 Å². The van der Waals surface area contributed by atoms with E-state index in [0.717, 1.165) is 24.2 Å². The number of benzene rings is 1. The van der Waals surface area contributed by atoms with E-state index in [2.05, 4.69) is 25.1 Å². The molecule has 1 saturated heterocycles. The Kier molecular flexibility index (Phi) is 5.22. The van der Waals surface area contributed by atoms with Gasteiger partial charge in [0, 0.05) is 38.2 Å². The molecule has 1 aliphatic heterocycles. The fraction of sp³-hybridized carbons (Fsp3) is 0.400. The normalized spacial score (nSPS) is 15.2. The smallest absolute Gasteiger partial charge is 0.250 e. The van der Waals surface area contributed by atoms with Gasteiger partial charge in [-0.25, -0.2) is 0 Å². The first-order chi connectivity index (χ1) is 12.0. The predicted molar refractivity (Wildman–Crippen MR) is 96.8 cm³/mol. The zero-order valence-electron chi connectivity index (χ0n) is 14.8. The molecule has 3 rings (SSSR count). The highest BCUT2D eigenvalue weighted by molar-refractivity contribution is 5.76. The molecule has 2 heterocycles. The van der Waals surface area contributed by atoms with Crippen LogP contribution in [-0.4, -0.2) is 34.6 Å². The number of aromatic nitrogens is 1. The highest BCUT2D eigenvalue weighted by Gasteiger charge is 2.24. The van der Waals surface area contributed by atoms with Gasteiger partial charge in [-0.2, -0.15) is 0 Å². The number of hydrogen-bond donors (Lipinski definition) is 0. The number of ether oxygens (including phenoxy) is 1. The number of rotatable bonds is 4. The van der Waals surface area contributed by atoms with E-state index in [1.165, 1.54) is 16.2 Å². The van der Waals surface area contributed by atoms with Gasteiger partial charge in [-0.15, -0.1) is 0 Å². The number of nitrogens with zero attached hydrogens (tertiary/aromatic N) is 2. The molecule has 0 saturated carbocycles. The van der Waals surface area contributed by atoms with Crippen molar-refractivity contribution in [3.8, 4) is 5.75 Å². The first-order valence-electron chi connectivity index (χ1n) is 8.70. The third-order valence-electron chi connectivity index (χ3n) is 4.64. The number of hydrogen-bond acceptors (Lipinski definition) is 3. The second-order valence-corrected chi connectivity index (χ2v) is 6.63. The Labute approximate surface area is 147 Å². The van der Waals surface area contributed by atoms with Crippen LogP contribution in [0.2, 0.25) is 0 Å². The molecule has 1 aromatic carbocycles. The summed E-state index contributed by atoms with van der Waals surface area (Å²) in [6.45, 7) is 5.53. The lowest BCUT2D eigenvalue weighted by Gasteiger charge is -2.32. The van der Waals surface area contributed by atoms with Gasteiger partial charge in [-0.05, 0) is 37.1 Å². The number of carbonyl (C=O) groups is 1. The topological polar surface area (TPSA) is 51.5 Å². The zero-order valence-corrected chi connectivity index (χ0v) is 14.8. The van der Waals surface area contributed by atoms with Crippen molar-refractivity contribution in [2.75, 3.05) is 13.1 Å². The van der Waals surface area contributed by atoms with Gasteiger partial charge < -0.3 is 14.2 Å². The molecule has 0 unspecified atom stereocenters. The molecule has 5 nitrogen and oxygen atoms in total. The molecule has 1 aliphatic rings. The van der Waals surface area contributed by atoms with Crippen LogP contribution in [0.25, 0.3) is 0 Å². The third-order valence-corrected chi connectivity index (χ3v) is 4.64. The summed E-state index contributed by atoms with van der Waals surface area (Å²) in [6, 6.07) is 11.1. The van der Waals surface area contributed by atoms with Crippen LogP contribution in [0.3, 0.4) is 0 Å². The van der Waals surface area contributed by atoms with Gasteiger partial charge in [0.15, 0.2) is 0 Å². The van der Waals surface area contributed by atoms with Crippen LogP contribution in [0.5, 0.6) is 5.75 Å². The summed E-state index contributed by atoms with van der Waals surface area (Å²) >= 11 is 0. The first kappa shape index (κ1) is 17.3. The third kappa shape index (κ3) is 4.29. The van der Waals surface area contributed by atoms with Crippen LogP contribution < -0.4 is 10.3 Å². The molecule has 2 aromatic rings. The zero-order chi connectivity index (χ0) is 17.8. The van der Waals surface area contributed by atoms with E-state index < -0.39 is 0 Å². The fourth-order valence-corrected chi connectivity index (χ4v) is 3.07. The van der Waals surface area contributed by atoms with Crippen LogP contribution >= 0.6 is 0 Å². The van der Waals surface area contributed by atoms with Crippen molar-refractivity contribution in [2.45, 2.75) is 39.3 Å². The lowest BCUT2D eigenvalue weighted by molar-refractivity contribution is -0.133. The minimum Gasteiger partial charge on any atom is -0.490 e. The second kappa shape index (κ2) is 7.55. The molecular weight excluding hydrogens is 316 g/mol. The molecule has 0 bridgehead atoms. The van der Waals surface area contributed by atoms with Gasteiger partial charge in [-0.1, -0.05) is 18.2 Å². The summed E-state index contributed by atoms with van der Waals surface area (Å²) in [6.07, 6.45) is 3.39. The average molecular weight is 340 g/mol. The lowest BCUT2D eigenvalue weighted by Crippen LogP contribution is -2.44. The largest absolute Gasteiger partial charge is 0.490 e. The van der Waals surface area contributed by atoms with Crippen molar-refractivity contribution in [2.24, 2.45) is 0 Å². The summed E-state index contributed by atoms with van der Waals surface area (Å²) in [4.78, 5) is 26.0. The molecule has 0 radical (unpaired) electrons. The standard InChI is InChI=1S/C20H24N2O3/c1-15-6-7-16(2)18(13-15)25-17-8-11-21(12-9-17)20(24)14-22-10-4-3-5-19(22)23/h3-7,10,13,17H,8-9,11-12,14H2,1-2H3. The van der Waals surface area contributed by atoms with Crippen LogP contribution in [-0.2, 0) is 11.3 Å². The van der Waals surface area contributed by atoms with Crippen molar-refractivity contribution in [1.29, 1.82) is 0 Å². The SMILES string of the molecule is Cc1ccc(C)c(OC2CCN(C(=O)Cn3ccccc3=O)CC2)c1. The van der Waals surface area contributed by atoms with E-state index >= 15 is 0 Å². The lowest BCUT2D eigenvalue weighted by atomic mass is 10.1. The van der Waals surface area contributed by atoms with E-state index in [1.54, 1.807) is 18.3 Å². The molecule has 1 fully saturated rings.